The summed E-state index contributed by atoms with van der Waals surface area (Å²) in [5, 5.41) is 5.26. The normalized spacial score (nSPS) is 16.7. The highest BCUT2D eigenvalue weighted by Gasteiger charge is 2.59. The van der Waals surface area contributed by atoms with Crippen LogP contribution in [0, 0.1) is 5.82 Å². The number of nitrogens with zero attached hydrogens (tertiary/aromatic N) is 2. The number of hydrogen-bond donors (Lipinski definition) is 0. The topological polar surface area (TPSA) is 81.9 Å². The van der Waals surface area contributed by atoms with Gasteiger partial charge in [0.2, 0.25) is 5.91 Å². The quantitative estimate of drug-likeness (QED) is 0.204. The maximum atomic E-state index is 14.8. The molecule has 10 heteroatoms. The maximum Gasteiger partial charge on any atom is 0.340 e. The minimum Gasteiger partial charge on any atom is -0.489 e. The zero-order chi connectivity index (χ0) is 28.5. The lowest BCUT2D eigenvalue weighted by atomic mass is 9.98. The molecule has 3 aromatic carbocycles. The van der Waals surface area contributed by atoms with Gasteiger partial charge < -0.3 is 14.0 Å². The number of benzene rings is 3. The van der Waals surface area contributed by atoms with E-state index in [4.69, 9.17) is 32.5 Å². The van der Waals surface area contributed by atoms with Gasteiger partial charge in [-0.05, 0) is 79.8 Å². The Hall–Kier alpha value is -3.88. The highest BCUT2D eigenvalue weighted by Crippen LogP contribution is 2.59. The van der Waals surface area contributed by atoms with Gasteiger partial charge in [-0.1, -0.05) is 34.4 Å². The molecule has 0 unspecified atom stereocenters. The summed E-state index contributed by atoms with van der Waals surface area (Å²) in [5.41, 5.74) is 2.94. The molecule has 1 aliphatic heterocycles. The Balaban J connectivity index is 1.21. The van der Waals surface area contributed by atoms with E-state index in [9.17, 15) is 14.0 Å². The zero-order valence-electron chi connectivity index (χ0n) is 21.9. The SMILES string of the molecule is COC(=O)c1ccc(N2C(=O)C3(CC3)c3cc(OCc4c(-c5c(Cl)cccc5Cl)noc4C4CC4)ccc32)cc1F. The van der Waals surface area contributed by atoms with Crippen molar-refractivity contribution < 1.29 is 28.0 Å². The predicted octanol–water partition coefficient (Wildman–Crippen LogP) is 7.74. The predicted molar refractivity (Wildman–Crippen MR) is 151 cm³/mol. The van der Waals surface area contributed by atoms with Gasteiger partial charge in [-0.3, -0.25) is 9.69 Å². The molecule has 2 aliphatic carbocycles. The van der Waals surface area contributed by atoms with Crippen molar-refractivity contribution in [3.63, 3.8) is 0 Å². The van der Waals surface area contributed by atoms with Gasteiger partial charge in [-0.2, -0.15) is 0 Å². The van der Waals surface area contributed by atoms with Crippen molar-refractivity contribution in [1.29, 1.82) is 0 Å². The van der Waals surface area contributed by atoms with Gasteiger partial charge in [-0.25, -0.2) is 9.18 Å². The van der Waals surface area contributed by atoms with Crippen molar-refractivity contribution in [2.45, 2.75) is 43.6 Å². The molecule has 1 amide bonds. The fourth-order valence-corrected chi connectivity index (χ4v) is 6.19. The number of esters is 1. The molecule has 7 rings (SSSR count). The van der Waals surface area contributed by atoms with E-state index in [1.165, 1.54) is 24.1 Å². The number of ether oxygens (including phenoxy) is 2. The molecule has 208 valence electrons. The summed E-state index contributed by atoms with van der Waals surface area (Å²) in [6, 6.07) is 14.8. The Morgan fingerprint density at radius 3 is 2.54 bits per heavy atom. The number of rotatable bonds is 7. The molecule has 0 bridgehead atoms. The molecule has 2 heterocycles. The molecule has 2 fully saturated rings. The van der Waals surface area contributed by atoms with Crippen LogP contribution in [0.3, 0.4) is 0 Å². The summed E-state index contributed by atoms with van der Waals surface area (Å²) in [6.45, 7) is 0.176. The van der Waals surface area contributed by atoms with Crippen LogP contribution >= 0.6 is 23.2 Å². The molecule has 3 aliphatic rings. The van der Waals surface area contributed by atoms with E-state index in [1.54, 1.807) is 30.3 Å². The molecule has 7 nitrogen and oxygen atoms in total. The first-order chi connectivity index (χ1) is 19.8. The lowest BCUT2D eigenvalue weighted by molar-refractivity contribution is -0.119. The monoisotopic (exact) mass is 592 g/mol. The van der Waals surface area contributed by atoms with Crippen molar-refractivity contribution in [2.75, 3.05) is 12.0 Å². The van der Waals surface area contributed by atoms with Crippen LogP contribution in [0.4, 0.5) is 15.8 Å². The molecule has 1 spiro atoms. The molecule has 1 aromatic heterocycles. The molecule has 0 atom stereocenters. The third-order valence-corrected chi connectivity index (χ3v) is 8.68. The molecule has 0 saturated heterocycles. The first-order valence-electron chi connectivity index (χ1n) is 13.2. The number of halogens is 3. The van der Waals surface area contributed by atoms with Crippen LogP contribution in [0.5, 0.6) is 5.75 Å². The van der Waals surface area contributed by atoms with Crippen LogP contribution in [-0.2, 0) is 21.6 Å². The first kappa shape index (κ1) is 26.0. The fourth-order valence-electron chi connectivity index (χ4n) is 5.61. The van der Waals surface area contributed by atoms with Crippen LogP contribution in [0.25, 0.3) is 11.3 Å². The lowest BCUT2D eigenvalue weighted by Crippen LogP contribution is -2.28. The van der Waals surface area contributed by atoms with E-state index in [2.05, 4.69) is 9.89 Å². The number of amides is 1. The fraction of sp³-hybridized carbons (Fsp3) is 0.258. The largest absolute Gasteiger partial charge is 0.489 e. The van der Waals surface area contributed by atoms with Crippen LogP contribution in [0.15, 0.2) is 59.1 Å². The van der Waals surface area contributed by atoms with Gasteiger partial charge in [-0.15, -0.1) is 0 Å². The summed E-state index contributed by atoms with van der Waals surface area (Å²) < 4.78 is 31.4. The molecule has 0 N–H and O–H groups in total. The molecule has 0 radical (unpaired) electrons. The Morgan fingerprint density at radius 1 is 1.12 bits per heavy atom. The first-order valence-corrected chi connectivity index (χ1v) is 14.0. The van der Waals surface area contributed by atoms with E-state index in [-0.39, 0.29) is 24.0 Å². The third-order valence-electron chi connectivity index (χ3n) is 8.05. The van der Waals surface area contributed by atoms with Crippen molar-refractivity contribution in [3.05, 3.63) is 92.9 Å². The molecular weight excluding hydrogens is 570 g/mol. The summed E-state index contributed by atoms with van der Waals surface area (Å²) >= 11 is 13.0. The van der Waals surface area contributed by atoms with Gasteiger partial charge >= 0.3 is 5.97 Å². The van der Waals surface area contributed by atoms with Crippen molar-refractivity contribution >= 4 is 46.5 Å². The van der Waals surface area contributed by atoms with Gasteiger partial charge in [0.1, 0.15) is 29.6 Å². The van der Waals surface area contributed by atoms with E-state index in [0.29, 0.717) is 51.3 Å². The maximum absolute atomic E-state index is 14.8. The van der Waals surface area contributed by atoms with E-state index >= 15 is 0 Å². The number of aromatic nitrogens is 1. The zero-order valence-corrected chi connectivity index (χ0v) is 23.4. The average molecular weight is 593 g/mol. The third kappa shape index (κ3) is 4.19. The Bertz CT molecular complexity index is 1720. The summed E-state index contributed by atoms with van der Waals surface area (Å²) in [7, 11) is 1.19. The van der Waals surface area contributed by atoms with E-state index in [1.807, 2.05) is 12.1 Å². The standard InChI is InChI=1S/C31H23Cl2FN2O5/c1-39-29(37)19-9-7-17(13-24(19)34)36-25-10-8-18(14-21(25)31(11-12-31)30(36)38)40-15-20-27(35-41-28(20)16-5-6-16)26-22(32)3-2-4-23(26)33/h2-4,7-10,13-14,16H,5-6,11-12,15H2,1H3. The second-order valence-corrected chi connectivity index (χ2v) is 11.4. The Kier molecular flexibility index (Phi) is 6.10. The number of hydrogen-bond acceptors (Lipinski definition) is 6. The van der Waals surface area contributed by atoms with Crippen molar-refractivity contribution in [1.82, 2.24) is 5.16 Å². The number of methoxy groups -OCH3 is 1. The van der Waals surface area contributed by atoms with Crippen LogP contribution in [-0.4, -0.2) is 24.1 Å². The summed E-state index contributed by atoms with van der Waals surface area (Å²) in [4.78, 5) is 27.0. The minimum atomic E-state index is -0.778. The van der Waals surface area contributed by atoms with Crippen LogP contribution in [0.2, 0.25) is 10.0 Å². The molecule has 41 heavy (non-hydrogen) atoms. The van der Waals surface area contributed by atoms with Gasteiger partial charge in [0.05, 0.1) is 45.1 Å². The second kappa shape index (κ2) is 9.60. The van der Waals surface area contributed by atoms with Gasteiger partial charge in [0, 0.05) is 11.5 Å². The lowest BCUT2D eigenvalue weighted by Gasteiger charge is -2.19. The van der Waals surface area contributed by atoms with E-state index in [0.717, 1.165) is 29.7 Å². The van der Waals surface area contributed by atoms with Crippen molar-refractivity contribution in [3.8, 4) is 17.0 Å². The molecule has 2 saturated carbocycles. The number of carbonyl (C=O) groups excluding carboxylic acids is 2. The highest BCUT2D eigenvalue weighted by molar-refractivity contribution is 6.39. The second-order valence-electron chi connectivity index (χ2n) is 10.6. The highest BCUT2D eigenvalue weighted by atomic mass is 35.5. The Morgan fingerprint density at radius 2 is 1.88 bits per heavy atom. The van der Waals surface area contributed by atoms with Crippen LogP contribution in [0.1, 0.15) is 58.8 Å². The molecule has 4 aromatic rings. The summed E-state index contributed by atoms with van der Waals surface area (Å²) in [5.74, 6) is -0.0236. The van der Waals surface area contributed by atoms with Crippen LogP contribution < -0.4 is 9.64 Å². The average Bonchev–Trinajstić information content (AvgIpc) is 3.89. The number of fused-ring (bicyclic) bond motifs is 2. The molecular formula is C31H23Cl2FN2O5. The number of anilines is 2. The van der Waals surface area contributed by atoms with Crippen molar-refractivity contribution in [2.24, 2.45) is 0 Å². The van der Waals surface area contributed by atoms with Gasteiger partial charge in [0.25, 0.3) is 0 Å². The smallest absolute Gasteiger partial charge is 0.340 e. The minimum absolute atomic E-state index is 0.124. The van der Waals surface area contributed by atoms with Gasteiger partial charge in [0.15, 0.2) is 0 Å². The Labute approximate surface area is 244 Å². The summed E-state index contributed by atoms with van der Waals surface area (Å²) in [6.07, 6.45) is 3.40. The number of carbonyl (C=O) groups is 2. The van der Waals surface area contributed by atoms with E-state index < -0.39 is 17.2 Å².